The Balaban J connectivity index is 1.61. The van der Waals surface area contributed by atoms with Gasteiger partial charge in [-0.2, -0.15) is 0 Å². The molecule has 0 aliphatic carbocycles. The maximum absolute atomic E-state index is 12.2. The third-order valence-electron chi connectivity index (χ3n) is 3.40. The van der Waals surface area contributed by atoms with E-state index < -0.39 is 4.92 Å². The van der Waals surface area contributed by atoms with Crippen molar-refractivity contribution in [1.29, 1.82) is 0 Å². The van der Waals surface area contributed by atoms with E-state index in [0.29, 0.717) is 15.7 Å². The van der Waals surface area contributed by atoms with E-state index in [4.69, 9.17) is 0 Å². The Morgan fingerprint density at radius 1 is 1.27 bits per heavy atom. The molecule has 1 N–H and O–H groups in total. The van der Waals surface area contributed by atoms with Crippen LogP contribution in [-0.2, 0) is 11.2 Å². The molecular weight excluding hydrogens is 390 g/mol. The summed E-state index contributed by atoms with van der Waals surface area (Å²) in [4.78, 5) is 28.8. The minimum Gasteiger partial charge on any atom is -0.302 e. The second-order valence-electron chi connectivity index (χ2n) is 5.27. The summed E-state index contributed by atoms with van der Waals surface area (Å²) in [6.07, 6.45) is 0.274. The van der Waals surface area contributed by atoms with E-state index in [0.717, 1.165) is 11.3 Å². The summed E-state index contributed by atoms with van der Waals surface area (Å²) in [6, 6.07) is 9.43. The third kappa shape index (κ3) is 4.69. The molecule has 2 aromatic heterocycles. The summed E-state index contributed by atoms with van der Waals surface area (Å²) < 4.78 is 0. The maximum Gasteiger partial charge on any atom is 0.280 e. The molecule has 3 aromatic rings. The zero-order chi connectivity index (χ0) is 18.5. The topological polar surface area (TPSA) is 85.1 Å². The number of carbonyl (C=O) groups is 1. The molecule has 1 aromatic carbocycles. The highest BCUT2D eigenvalue weighted by Gasteiger charge is 2.14. The van der Waals surface area contributed by atoms with Crippen molar-refractivity contribution in [3.05, 3.63) is 56.8 Å². The lowest BCUT2D eigenvalue weighted by Gasteiger charge is -2.03. The molecule has 134 valence electrons. The number of hydrogen-bond acceptors (Lipinski definition) is 7. The molecule has 26 heavy (non-hydrogen) atoms. The number of hydrogen-bond donors (Lipinski definition) is 1. The first-order valence-electron chi connectivity index (χ1n) is 7.75. The van der Waals surface area contributed by atoms with Crippen molar-refractivity contribution in [3.8, 4) is 10.6 Å². The second kappa shape index (κ2) is 8.43. The Kier molecular flexibility index (Phi) is 6.02. The summed E-state index contributed by atoms with van der Waals surface area (Å²) in [5, 5.41) is 17.3. The van der Waals surface area contributed by atoms with Gasteiger partial charge in [-0.1, -0.05) is 19.1 Å². The Morgan fingerprint density at radius 2 is 2.04 bits per heavy atom. The number of thiophene rings is 1. The number of thiazole rings is 1. The highest BCUT2D eigenvalue weighted by atomic mass is 32.2. The standard InChI is InChI=1S/C17H15N3O3S3/c1-2-24-13-5-3-11(4-6-13)7-16(21)19-17-18-14(10-26-17)15-8-12(9-25-15)20(22)23/h3-6,8-10H,2,7H2,1H3,(H,18,19,21). The first-order chi connectivity index (χ1) is 12.5. The van der Waals surface area contributed by atoms with Crippen LogP contribution in [0.1, 0.15) is 12.5 Å². The highest BCUT2D eigenvalue weighted by molar-refractivity contribution is 7.99. The van der Waals surface area contributed by atoms with E-state index in [2.05, 4.69) is 17.2 Å². The van der Waals surface area contributed by atoms with Gasteiger partial charge in [0.25, 0.3) is 5.69 Å². The lowest BCUT2D eigenvalue weighted by molar-refractivity contribution is -0.384. The Morgan fingerprint density at radius 3 is 2.69 bits per heavy atom. The SMILES string of the molecule is CCSc1ccc(CC(=O)Nc2nc(-c3cc([N+](=O)[O-])cs3)cs2)cc1. The van der Waals surface area contributed by atoms with Gasteiger partial charge >= 0.3 is 0 Å². The largest absolute Gasteiger partial charge is 0.302 e. The van der Waals surface area contributed by atoms with Crippen molar-refractivity contribution >= 4 is 51.2 Å². The van der Waals surface area contributed by atoms with E-state index in [1.807, 2.05) is 24.3 Å². The zero-order valence-corrected chi connectivity index (χ0v) is 16.2. The lowest BCUT2D eigenvalue weighted by Crippen LogP contribution is -2.14. The van der Waals surface area contributed by atoms with E-state index in [1.54, 1.807) is 17.1 Å². The molecule has 0 radical (unpaired) electrons. The maximum atomic E-state index is 12.2. The van der Waals surface area contributed by atoms with Gasteiger partial charge in [0.2, 0.25) is 5.91 Å². The first-order valence-corrected chi connectivity index (χ1v) is 10.5. The van der Waals surface area contributed by atoms with Crippen molar-refractivity contribution < 1.29 is 9.72 Å². The lowest BCUT2D eigenvalue weighted by atomic mass is 10.1. The Labute approximate surface area is 162 Å². The van der Waals surface area contributed by atoms with Crippen molar-refractivity contribution in [2.45, 2.75) is 18.2 Å². The van der Waals surface area contributed by atoms with Gasteiger partial charge in [0.1, 0.15) is 0 Å². The molecule has 0 saturated heterocycles. The molecule has 0 aliphatic rings. The van der Waals surface area contributed by atoms with Crippen molar-refractivity contribution in [2.24, 2.45) is 0 Å². The molecule has 0 saturated carbocycles. The van der Waals surface area contributed by atoms with E-state index in [-0.39, 0.29) is 18.0 Å². The summed E-state index contributed by atoms with van der Waals surface area (Å²) in [5.41, 5.74) is 1.62. The van der Waals surface area contributed by atoms with Gasteiger partial charge in [0.15, 0.2) is 5.13 Å². The molecule has 9 heteroatoms. The summed E-state index contributed by atoms with van der Waals surface area (Å²) in [6.45, 7) is 2.10. The van der Waals surface area contributed by atoms with Crippen LogP contribution >= 0.6 is 34.4 Å². The molecule has 3 rings (SSSR count). The van der Waals surface area contributed by atoms with Crippen LogP contribution in [0, 0.1) is 10.1 Å². The molecule has 0 bridgehead atoms. The van der Waals surface area contributed by atoms with Gasteiger partial charge in [-0.25, -0.2) is 4.98 Å². The van der Waals surface area contributed by atoms with Gasteiger partial charge in [0.05, 0.1) is 27.3 Å². The molecular formula is C17H15N3O3S3. The summed E-state index contributed by atoms with van der Waals surface area (Å²) in [7, 11) is 0. The number of benzene rings is 1. The number of nitro groups is 1. The van der Waals surface area contributed by atoms with Crippen LogP contribution in [0.5, 0.6) is 0 Å². The van der Waals surface area contributed by atoms with Gasteiger partial charge in [-0.3, -0.25) is 14.9 Å². The fourth-order valence-electron chi connectivity index (χ4n) is 2.22. The predicted molar refractivity (Wildman–Crippen MR) is 107 cm³/mol. The second-order valence-corrected chi connectivity index (χ2v) is 8.37. The van der Waals surface area contributed by atoms with Crippen LogP contribution in [0.4, 0.5) is 10.8 Å². The molecule has 6 nitrogen and oxygen atoms in total. The predicted octanol–water partition coefficient (Wildman–Crippen LogP) is 5.07. The number of rotatable bonds is 7. The fraction of sp³-hybridized carbons (Fsp3) is 0.176. The first kappa shape index (κ1) is 18.6. The highest BCUT2D eigenvalue weighted by Crippen LogP contribution is 2.32. The van der Waals surface area contributed by atoms with Crippen LogP contribution in [0.15, 0.2) is 46.0 Å². The number of nitrogens with zero attached hydrogens (tertiary/aromatic N) is 2. The average Bonchev–Trinajstić information content (AvgIpc) is 3.26. The number of anilines is 1. The van der Waals surface area contributed by atoms with E-state index in [9.17, 15) is 14.9 Å². The minimum absolute atomic E-state index is 0.0493. The molecule has 0 aliphatic heterocycles. The smallest absolute Gasteiger partial charge is 0.280 e. The number of nitrogens with one attached hydrogen (secondary N) is 1. The monoisotopic (exact) mass is 405 g/mol. The number of carbonyl (C=O) groups excluding carboxylic acids is 1. The number of amides is 1. The van der Waals surface area contributed by atoms with Gasteiger partial charge in [0, 0.05) is 16.3 Å². The quantitative estimate of drug-likeness (QED) is 0.337. The zero-order valence-electron chi connectivity index (χ0n) is 13.8. The Bertz CT molecular complexity index is 919. The van der Waals surface area contributed by atoms with E-state index in [1.165, 1.54) is 39.0 Å². The average molecular weight is 406 g/mol. The Hall–Kier alpha value is -2.23. The molecule has 1 amide bonds. The van der Waals surface area contributed by atoms with Crippen LogP contribution in [0.2, 0.25) is 0 Å². The van der Waals surface area contributed by atoms with Crippen molar-refractivity contribution in [3.63, 3.8) is 0 Å². The normalized spacial score (nSPS) is 10.7. The number of aromatic nitrogens is 1. The molecule has 0 unspecified atom stereocenters. The van der Waals surface area contributed by atoms with Crippen molar-refractivity contribution in [2.75, 3.05) is 11.1 Å². The molecule has 0 fully saturated rings. The third-order valence-corrected chi connectivity index (χ3v) is 5.99. The van der Waals surface area contributed by atoms with Crippen LogP contribution in [0.25, 0.3) is 10.6 Å². The fourth-order valence-corrected chi connectivity index (χ4v) is 4.50. The molecule has 0 atom stereocenters. The van der Waals surface area contributed by atoms with E-state index >= 15 is 0 Å². The summed E-state index contributed by atoms with van der Waals surface area (Å²) >= 11 is 4.32. The number of thioether (sulfide) groups is 1. The van der Waals surface area contributed by atoms with Crippen LogP contribution < -0.4 is 5.32 Å². The van der Waals surface area contributed by atoms with Crippen LogP contribution in [0.3, 0.4) is 0 Å². The molecule has 0 spiro atoms. The van der Waals surface area contributed by atoms with Crippen LogP contribution in [-0.4, -0.2) is 21.6 Å². The van der Waals surface area contributed by atoms with Gasteiger partial charge in [-0.15, -0.1) is 34.4 Å². The van der Waals surface area contributed by atoms with Gasteiger partial charge < -0.3 is 5.32 Å². The minimum atomic E-state index is -0.431. The molecule has 2 heterocycles. The van der Waals surface area contributed by atoms with Crippen molar-refractivity contribution in [1.82, 2.24) is 4.98 Å². The van der Waals surface area contributed by atoms with Gasteiger partial charge in [-0.05, 0) is 23.4 Å². The summed E-state index contributed by atoms with van der Waals surface area (Å²) in [5.74, 6) is 0.874.